The van der Waals surface area contributed by atoms with Gasteiger partial charge in [0.05, 0.1) is 11.4 Å². The molecule has 6 N–H and O–H groups in total. The zero-order chi connectivity index (χ0) is 21.4. The van der Waals surface area contributed by atoms with Crippen molar-refractivity contribution in [2.24, 2.45) is 16.6 Å². The maximum Gasteiger partial charge on any atom is 0.275 e. The van der Waals surface area contributed by atoms with E-state index >= 15 is 0 Å². The number of nitrogens with one attached hydrogen (secondary N) is 2. The monoisotopic (exact) mass is 438 g/mol. The van der Waals surface area contributed by atoms with Crippen LogP contribution in [-0.2, 0) is 26.2 Å². The summed E-state index contributed by atoms with van der Waals surface area (Å²) in [7, 11) is -3.93. The van der Waals surface area contributed by atoms with Crippen LogP contribution in [0.5, 0.6) is 0 Å². The molecule has 1 amide bonds. The Morgan fingerprint density at radius 2 is 1.83 bits per heavy atom. The first-order chi connectivity index (χ1) is 13.7. The number of aromatic nitrogens is 1. The van der Waals surface area contributed by atoms with Crippen LogP contribution in [0.15, 0.2) is 57.3 Å². The molecule has 0 fully saturated rings. The predicted octanol–water partition coefficient (Wildman–Crippen LogP) is -0.0852. The average Bonchev–Trinajstić information content (AvgIpc) is 2.67. The van der Waals surface area contributed by atoms with Gasteiger partial charge in [0.2, 0.25) is 11.9 Å². The molecule has 30 heavy (non-hydrogen) atoms. The van der Waals surface area contributed by atoms with Crippen LogP contribution in [0.3, 0.4) is 0 Å². The highest BCUT2D eigenvalue weighted by Gasteiger charge is 2.17. The molecular weight excluding hydrogens is 412 g/mol. The van der Waals surface area contributed by atoms with E-state index in [4.69, 9.17) is 16.3 Å². The van der Waals surface area contributed by atoms with Crippen LogP contribution in [0.1, 0.15) is 13.1 Å². The minimum atomic E-state index is -3.93. The van der Waals surface area contributed by atoms with Gasteiger partial charge in [0, 0.05) is 5.69 Å². The Balaban J connectivity index is 0.00000450. The topological polar surface area (TPSA) is 171 Å². The van der Waals surface area contributed by atoms with Crippen molar-refractivity contribution in [2.45, 2.75) is 25.8 Å². The highest BCUT2D eigenvalue weighted by molar-refractivity contribution is 7.92. The first kappa shape index (κ1) is 24.5. The number of guanidine groups is 1. The van der Waals surface area contributed by atoms with Gasteiger partial charge in [-0.25, -0.2) is 8.42 Å². The smallest absolute Gasteiger partial charge is 0.275 e. The molecule has 0 spiro atoms. The Hall–Kier alpha value is -3.54. The molecule has 0 radical (unpaired) electrons. The van der Waals surface area contributed by atoms with Crippen LogP contribution in [0.4, 0.5) is 5.69 Å². The van der Waals surface area contributed by atoms with E-state index in [0.717, 1.165) is 4.57 Å². The zero-order valence-electron chi connectivity index (χ0n) is 15.7. The predicted molar refractivity (Wildman–Crippen MR) is 114 cm³/mol. The fourth-order valence-corrected chi connectivity index (χ4v) is 3.38. The molecule has 0 saturated heterocycles. The van der Waals surface area contributed by atoms with Crippen molar-refractivity contribution in [3.8, 4) is 0 Å². The average molecular weight is 439 g/mol. The maximum absolute atomic E-state index is 12.7. The Labute approximate surface area is 174 Å². The van der Waals surface area contributed by atoms with Gasteiger partial charge in [0.25, 0.3) is 15.6 Å². The molecule has 0 aliphatic heterocycles. The van der Waals surface area contributed by atoms with Gasteiger partial charge >= 0.3 is 0 Å². The summed E-state index contributed by atoms with van der Waals surface area (Å²) in [6, 6.07) is 10.5. The lowest BCUT2D eigenvalue weighted by Gasteiger charge is -2.13. The zero-order valence-corrected chi connectivity index (χ0v) is 16.5. The molecule has 0 aliphatic carbocycles. The fourth-order valence-electron chi connectivity index (χ4n) is 2.30. The number of hydrogen-bond acceptors (Lipinski definition) is 6. The van der Waals surface area contributed by atoms with Crippen LogP contribution < -0.4 is 27.1 Å². The number of rotatable bonds is 9. The summed E-state index contributed by atoms with van der Waals surface area (Å²) in [5.74, 6) is -0.708. The van der Waals surface area contributed by atoms with Crippen molar-refractivity contribution >= 4 is 27.6 Å². The van der Waals surface area contributed by atoms with Crippen LogP contribution in [-0.4, -0.2) is 38.0 Å². The number of amides is 1. The Morgan fingerprint density at radius 1 is 1.17 bits per heavy atom. The second-order valence-electron chi connectivity index (χ2n) is 5.90. The Bertz CT molecular complexity index is 1050. The minimum Gasteiger partial charge on any atom is -0.391 e. The number of aryl methyl sites for hydroxylation is 1. The first-order valence-electron chi connectivity index (χ1n) is 8.46. The molecular formula is C18H26N6O5S. The van der Waals surface area contributed by atoms with Gasteiger partial charge in [-0.2, -0.15) is 0 Å². The van der Waals surface area contributed by atoms with E-state index in [1.165, 1.54) is 18.2 Å². The molecule has 0 bridgehead atoms. The van der Waals surface area contributed by atoms with Gasteiger partial charge in [-0.1, -0.05) is 25.6 Å². The van der Waals surface area contributed by atoms with Crippen molar-refractivity contribution in [1.82, 2.24) is 9.88 Å². The lowest BCUT2D eigenvalue weighted by molar-refractivity contribution is -0.122. The van der Waals surface area contributed by atoms with E-state index in [2.05, 4.69) is 15.2 Å². The number of pyridine rings is 1. The lowest BCUT2D eigenvalue weighted by atomic mass is 10.3. The minimum absolute atomic E-state index is 0. The van der Waals surface area contributed by atoms with Gasteiger partial charge in [-0.3, -0.25) is 14.3 Å². The standard InChI is InChI=1S/C17H22N6O5S.CH4/c1-12-7-8-14(22-29(26,27)13-5-3-2-4-6-13)16(25)23(12)11-15(24)20-9-10-28-21-17(18)19;/h2-8,22H,9-11H2,1H3,(H,20,24)(H4,18,19,21);1H4. The number of sulfonamides is 1. The summed E-state index contributed by atoms with van der Waals surface area (Å²) in [5, 5.41) is 5.84. The molecule has 12 heteroatoms. The summed E-state index contributed by atoms with van der Waals surface area (Å²) in [6.07, 6.45) is 0. The summed E-state index contributed by atoms with van der Waals surface area (Å²) < 4.78 is 28.3. The van der Waals surface area contributed by atoms with Gasteiger partial charge < -0.3 is 26.2 Å². The SMILES string of the molecule is C.Cc1ccc(NS(=O)(=O)c2ccccc2)c(=O)n1CC(=O)NCCON=C(N)N. The number of carbonyl (C=O) groups excluding carboxylic acids is 1. The van der Waals surface area contributed by atoms with Crippen molar-refractivity contribution in [3.63, 3.8) is 0 Å². The van der Waals surface area contributed by atoms with E-state index < -0.39 is 21.5 Å². The summed E-state index contributed by atoms with van der Waals surface area (Å²) in [5.41, 5.74) is 9.87. The quantitative estimate of drug-likeness (QED) is 0.183. The lowest BCUT2D eigenvalue weighted by Crippen LogP contribution is -2.36. The first-order valence-corrected chi connectivity index (χ1v) is 9.95. The van der Waals surface area contributed by atoms with Gasteiger partial charge in [-0.05, 0) is 36.3 Å². The van der Waals surface area contributed by atoms with Crippen LogP contribution in [0, 0.1) is 6.92 Å². The highest BCUT2D eigenvalue weighted by atomic mass is 32.2. The maximum atomic E-state index is 12.7. The van der Waals surface area contributed by atoms with Gasteiger partial charge in [-0.15, -0.1) is 0 Å². The molecule has 0 saturated carbocycles. The molecule has 0 unspecified atom stereocenters. The summed E-state index contributed by atoms with van der Waals surface area (Å²) in [4.78, 5) is 29.5. The van der Waals surface area contributed by atoms with Crippen LogP contribution in [0.25, 0.3) is 0 Å². The van der Waals surface area contributed by atoms with E-state index in [-0.39, 0.29) is 43.7 Å². The number of nitrogens with two attached hydrogens (primary N) is 2. The van der Waals surface area contributed by atoms with E-state index in [1.54, 1.807) is 31.2 Å². The highest BCUT2D eigenvalue weighted by Crippen LogP contribution is 2.13. The van der Waals surface area contributed by atoms with Crippen LogP contribution in [0.2, 0.25) is 0 Å². The van der Waals surface area contributed by atoms with Crippen molar-refractivity contribution in [2.75, 3.05) is 17.9 Å². The van der Waals surface area contributed by atoms with E-state index in [0.29, 0.717) is 5.69 Å². The molecule has 2 rings (SSSR count). The molecule has 164 valence electrons. The number of hydrogen-bond donors (Lipinski definition) is 4. The van der Waals surface area contributed by atoms with Crippen molar-refractivity contribution in [1.29, 1.82) is 0 Å². The molecule has 0 atom stereocenters. The van der Waals surface area contributed by atoms with E-state index in [9.17, 15) is 18.0 Å². The third-order valence-electron chi connectivity index (χ3n) is 3.68. The number of nitrogens with zero attached hydrogens (tertiary/aromatic N) is 2. The van der Waals surface area contributed by atoms with Gasteiger partial charge in [0.15, 0.2) is 0 Å². The summed E-state index contributed by atoms with van der Waals surface area (Å²) in [6.45, 7) is 1.48. The van der Waals surface area contributed by atoms with Crippen molar-refractivity contribution < 1.29 is 18.0 Å². The third kappa shape index (κ3) is 6.81. The number of carbonyl (C=O) groups is 1. The molecule has 1 heterocycles. The fraction of sp³-hybridized carbons (Fsp3) is 0.278. The number of benzene rings is 1. The molecule has 0 aliphatic rings. The van der Waals surface area contributed by atoms with Crippen molar-refractivity contribution in [3.05, 3.63) is 58.5 Å². The normalized spacial score (nSPS) is 10.4. The molecule has 1 aromatic heterocycles. The van der Waals surface area contributed by atoms with Gasteiger partial charge in [0.1, 0.15) is 18.8 Å². The Kier molecular flexibility index (Phi) is 8.86. The molecule has 2 aromatic rings. The second kappa shape index (κ2) is 10.9. The largest absolute Gasteiger partial charge is 0.391 e. The third-order valence-corrected chi connectivity index (χ3v) is 5.06. The van der Waals surface area contributed by atoms with E-state index in [1.807, 2.05) is 0 Å². The second-order valence-corrected chi connectivity index (χ2v) is 7.58. The molecule has 1 aromatic carbocycles. The number of anilines is 1. The summed E-state index contributed by atoms with van der Waals surface area (Å²) >= 11 is 0. The molecule has 11 nitrogen and oxygen atoms in total. The van der Waals surface area contributed by atoms with Crippen LogP contribution >= 0.6 is 0 Å². The number of oxime groups is 1. The Morgan fingerprint density at radius 3 is 2.47 bits per heavy atom.